The van der Waals surface area contributed by atoms with Crippen molar-refractivity contribution in [2.75, 3.05) is 6.54 Å². The van der Waals surface area contributed by atoms with Gasteiger partial charge in [0.25, 0.3) is 0 Å². The first-order valence-electron chi connectivity index (χ1n) is 6.22. The van der Waals surface area contributed by atoms with Crippen LogP contribution in [-0.2, 0) is 0 Å². The van der Waals surface area contributed by atoms with Crippen molar-refractivity contribution in [1.29, 1.82) is 0 Å². The summed E-state index contributed by atoms with van der Waals surface area (Å²) < 4.78 is 13.2. The highest BCUT2D eigenvalue weighted by molar-refractivity contribution is 6.31. The standard InChI is InChI=1S/C15H16ClFN2/c1-3-19-15(13-9-18-7-6-10(13)2)12-5-4-11(17)8-14(12)16/h4-9,15,19H,3H2,1-2H3. The number of rotatable bonds is 4. The summed E-state index contributed by atoms with van der Waals surface area (Å²) in [5, 5.41) is 3.79. The van der Waals surface area contributed by atoms with Crippen molar-refractivity contribution in [3.8, 4) is 0 Å². The van der Waals surface area contributed by atoms with E-state index in [0.29, 0.717) is 5.02 Å². The Morgan fingerprint density at radius 2 is 2.11 bits per heavy atom. The average Bonchev–Trinajstić information content (AvgIpc) is 2.38. The molecule has 0 aliphatic rings. The van der Waals surface area contributed by atoms with Gasteiger partial charge in [0.05, 0.1) is 6.04 Å². The Labute approximate surface area is 117 Å². The number of nitrogens with zero attached hydrogens (tertiary/aromatic N) is 1. The van der Waals surface area contributed by atoms with E-state index in [2.05, 4.69) is 10.3 Å². The Kier molecular flexibility index (Phi) is 4.51. The predicted molar refractivity (Wildman–Crippen MR) is 75.9 cm³/mol. The van der Waals surface area contributed by atoms with Crippen LogP contribution in [0.15, 0.2) is 36.7 Å². The lowest BCUT2D eigenvalue weighted by atomic mass is 9.96. The zero-order chi connectivity index (χ0) is 13.8. The zero-order valence-corrected chi connectivity index (χ0v) is 11.7. The first kappa shape index (κ1) is 14.0. The molecule has 2 rings (SSSR count). The molecule has 1 aromatic heterocycles. The fourth-order valence-corrected chi connectivity index (χ4v) is 2.38. The van der Waals surface area contributed by atoms with Gasteiger partial charge >= 0.3 is 0 Å². The van der Waals surface area contributed by atoms with E-state index in [0.717, 1.165) is 23.2 Å². The summed E-state index contributed by atoms with van der Waals surface area (Å²) in [7, 11) is 0. The summed E-state index contributed by atoms with van der Waals surface area (Å²) >= 11 is 6.16. The minimum atomic E-state index is -0.327. The molecule has 1 atom stereocenters. The maximum atomic E-state index is 13.2. The fraction of sp³-hybridized carbons (Fsp3) is 0.267. The van der Waals surface area contributed by atoms with Gasteiger partial charge in [0.1, 0.15) is 5.82 Å². The number of nitrogens with one attached hydrogen (secondary N) is 1. The third-order valence-corrected chi connectivity index (χ3v) is 3.40. The van der Waals surface area contributed by atoms with E-state index in [1.54, 1.807) is 12.3 Å². The molecule has 1 N–H and O–H groups in total. The van der Waals surface area contributed by atoms with Gasteiger partial charge in [0, 0.05) is 17.4 Å². The summed E-state index contributed by atoms with van der Waals surface area (Å²) in [5.74, 6) is -0.327. The maximum absolute atomic E-state index is 13.2. The van der Waals surface area contributed by atoms with Crippen molar-refractivity contribution in [3.05, 3.63) is 64.2 Å². The molecule has 0 saturated heterocycles. The molecule has 19 heavy (non-hydrogen) atoms. The molecule has 0 saturated carbocycles. The van der Waals surface area contributed by atoms with E-state index < -0.39 is 0 Å². The first-order valence-corrected chi connectivity index (χ1v) is 6.60. The van der Waals surface area contributed by atoms with Crippen LogP contribution in [0, 0.1) is 12.7 Å². The highest BCUT2D eigenvalue weighted by Gasteiger charge is 2.18. The van der Waals surface area contributed by atoms with Gasteiger partial charge in [-0.05, 0) is 48.4 Å². The lowest BCUT2D eigenvalue weighted by Crippen LogP contribution is -2.23. The molecule has 2 nitrogen and oxygen atoms in total. The number of pyridine rings is 1. The number of aromatic nitrogens is 1. The molecule has 0 aliphatic heterocycles. The van der Waals surface area contributed by atoms with Crippen LogP contribution in [0.4, 0.5) is 4.39 Å². The summed E-state index contributed by atoms with van der Waals surface area (Å²) in [6.45, 7) is 4.83. The Bertz CT molecular complexity index is 572. The van der Waals surface area contributed by atoms with Gasteiger partial charge in [-0.15, -0.1) is 0 Å². The molecule has 1 heterocycles. The normalized spacial score (nSPS) is 12.4. The van der Waals surface area contributed by atoms with Crippen LogP contribution >= 0.6 is 11.6 Å². The van der Waals surface area contributed by atoms with Crippen molar-refractivity contribution in [3.63, 3.8) is 0 Å². The monoisotopic (exact) mass is 278 g/mol. The largest absolute Gasteiger partial charge is 0.306 e. The Hall–Kier alpha value is -1.45. The number of hydrogen-bond donors (Lipinski definition) is 1. The summed E-state index contributed by atoms with van der Waals surface area (Å²) in [5.41, 5.74) is 3.04. The molecule has 0 spiro atoms. The molecule has 2 aromatic rings. The lowest BCUT2D eigenvalue weighted by molar-refractivity contribution is 0.611. The SMILES string of the molecule is CCNC(c1cnccc1C)c1ccc(F)cc1Cl. The van der Waals surface area contributed by atoms with E-state index in [-0.39, 0.29) is 11.9 Å². The molecule has 0 fully saturated rings. The first-order chi connectivity index (χ1) is 9.13. The van der Waals surface area contributed by atoms with Crippen LogP contribution in [-0.4, -0.2) is 11.5 Å². The summed E-state index contributed by atoms with van der Waals surface area (Å²) in [6.07, 6.45) is 3.58. The van der Waals surface area contributed by atoms with Crippen LogP contribution in [0.2, 0.25) is 5.02 Å². The second kappa shape index (κ2) is 6.13. The number of benzene rings is 1. The van der Waals surface area contributed by atoms with E-state index in [9.17, 15) is 4.39 Å². The van der Waals surface area contributed by atoms with E-state index in [1.165, 1.54) is 12.1 Å². The smallest absolute Gasteiger partial charge is 0.124 e. The van der Waals surface area contributed by atoms with Gasteiger partial charge in [0.15, 0.2) is 0 Å². The molecule has 100 valence electrons. The van der Waals surface area contributed by atoms with Crippen molar-refractivity contribution in [2.45, 2.75) is 19.9 Å². The topological polar surface area (TPSA) is 24.9 Å². The van der Waals surface area contributed by atoms with Crippen molar-refractivity contribution in [1.82, 2.24) is 10.3 Å². The minimum absolute atomic E-state index is 0.0770. The van der Waals surface area contributed by atoms with Gasteiger partial charge in [-0.3, -0.25) is 4.98 Å². The van der Waals surface area contributed by atoms with Crippen molar-refractivity contribution >= 4 is 11.6 Å². The Balaban J connectivity index is 2.48. The number of halogens is 2. The van der Waals surface area contributed by atoms with Crippen molar-refractivity contribution in [2.24, 2.45) is 0 Å². The molecule has 0 aliphatic carbocycles. The minimum Gasteiger partial charge on any atom is -0.306 e. The van der Waals surface area contributed by atoms with E-state index in [4.69, 9.17) is 11.6 Å². The van der Waals surface area contributed by atoms with Crippen LogP contribution in [0.3, 0.4) is 0 Å². The molecular formula is C15H16ClFN2. The van der Waals surface area contributed by atoms with E-state index in [1.807, 2.05) is 26.1 Å². The summed E-state index contributed by atoms with van der Waals surface area (Å²) in [6, 6.07) is 6.37. The van der Waals surface area contributed by atoms with Crippen LogP contribution in [0.25, 0.3) is 0 Å². The zero-order valence-electron chi connectivity index (χ0n) is 11.0. The second-order valence-corrected chi connectivity index (χ2v) is 4.80. The quantitative estimate of drug-likeness (QED) is 0.918. The van der Waals surface area contributed by atoms with Crippen LogP contribution in [0.5, 0.6) is 0 Å². The van der Waals surface area contributed by atoms with Crippen LogP contribution in [0.1, 0.15) is 29.7 Å². The highest BCUT2D eigenvalue weighted by Crippen LogP contribution is 2.30. The van der Waals surface area contributed by atoms with Gasteiger partial charge < -0.3 is 5.32 Å². The second-order valence-electron chi connectivity index (χ2n) is 4.39. The average molecular weight is 279 g/mol. The molecule has 0 radical (unpaired) electrons. The fourth-order valence-electron chi connectivity index (χ4n) is 2.11. The lowest BCUT2D eigenvalue weighted by Gasteiger charge is -2.21. The maximum Gasteiger partial charge on any atom is 0.124 e. The van der Waals surface area contributed by atoms with Gasteiger partial charge in [0.2, 0.25) is 0 Å². The third-order valence-electron chi connectivity index (χ3n) is 3.07. The van der Waals surface area contributed by atoms with Crippen LogP contribution < -0.4 is 5.32 Å². The molecule has 1 unspecified atom stereocenters. The molecule has 0 amide bonds. The summed E-state index contributed by atoms with van der Waals surface area (Å²) in [4.78, 5) is 4.16. The predicted octanol–water partition coefficient (Wildman–Crippen LogP) is 3.88. The molecule has 4 heteroatoms. The molecule has 0 bridgehead atoms. The number of hydrogen-bond acceptors (Lipinski definition) is 2. The highest BCUT2D eigenvalue weighted by atomic mass is 35.5. The number of aryl methyl sites for hydroxylation is 1. The van der Waals surface area contributed by atoms with Gasteiger partial charge in [-0.1, -0.05) is 24.6 Å². The Morgan fingerprint density at radius 1 is 1.32 bits per heavy atom. The Morgan fingerprint density at radius 3 is 2.74 bits per heavy atom. The van der Waals surface area contributed by atoms with Gasteiger partial charge in [-0.2, -0.15) is 0 Å². The third kappa shape index (κ3) is 3.11. The van der Waals surface area contributed by atoms with Crippen molar-refractivity contribution < 1.29 is 4.39 Å². The van der Waals surface area contributed by atoms with E-state index >= 15 is 0 Å². The van der Waals surface area contributed by atoms with Gasteiger partial charge in [-0.25, -0.2) is 4.39 Å². The molecule has 1 aromatic carbocycles. The molecular weight excluding hydrogens is 263 g/mol.